The Bertz CT molecular complexity index is 638. The van der Waals surface area contributed by atoms with Crippen LogP contribution >= 0.6 is 12.4 Å². The zero-order valence-electron chi connectivity index (χ0n) is 14.4. The summed E-state index contributed by atoms with van der Waals surface area (Å²) in [4.78, 5) is 16.3. The van der Waals surface area contributed by atoms with Gasteiger partial charge in [-0.25, -0.2) is 4.98 Å². The molecule has 0 saturated heterocycles. The Morgan fingerprint density at radius 1 is 1.29 bits per heavy atom. The minimum Gasteiger partial charge on any atom is -0.444 e. The molecule has 0 fully saturated rings. The number of carbonyl (C=O) groups excluding carboxylic acids is 1. The first-order chi connectivity index (χ1) is 11.0. The molecule has 0 radical (unpaired) electrons. The SMILES string of the molecule is Cc1ccc(-c2nc(CCNC(=O)[C@@H](N)CC(C)C)co2)cc1.Cl. The second-order valence-corrected chi connectivity index (χ2v) is 6.29. The Morgan fingerprint density at radius 3 is 2.58 bits per heavy atom. The molecule has 3 N–H and O–H groups in total. The number of nitrogens with two attached hydrogens (primary N) is 1. The zero-order chi connectivity index (χ0) is 16.8. The predicted octanol–water partition coefficient (Wildman–Crippen LogP) is 3.10. The van der Waals surface area contributed by atoms with E-state index in [0.29, 0.717) is 31.2 Å². The van der Waals surface area contributed by atoms with Crippen LogP contribution in [0.5, 0.6) is 0 Å². The summed E-state index contributed by atoms with van der Waals surface area (Å²) in [6.45, 7) is 6.65. The van der Waals surface area contributed by atoms with Crippen molar-refractivity contribution in [3.05, 3.63) is 41.8 Å². The summed E-state index contributed by atoms with van der Waals surface area (Å²) >= 11 is 0. The van der Waals surface area contributed by atoms with Gasteiger partial charge in [-0.3, -0.25) is 4.79 Å². The fourth-order valence-corrected chi connectivity index (χ4v) is 2.31. The van der Waals surface area contributed by atoms with Gasteiger partial charge in [0.15, 0.2) is 0 Å². The van der Waals surface area contributed by atoms with Crippen molar-refractivity contribution >= 4 is 18.3 Å². The van der Waals surface area contributed by atoms with E-state index >= 15 is 0 Å². The van der Waals surface area contributed by atoms with Gasteiger partial charge in [0.05, 0.1) is 11.7 Å². The number of aromatic nitrogens is 1. The Labute approximate surface area is 149 Å². The van der Waals surface area contributed by atoms with Gasteiger partial charge >= 0.3 is 0 Å². The van der Waals surface area contributed by atoms with Gasteiger partial charge in [0.1, 0.15) is 6.26 Å². The molecular formula is C18H26ClN3O2. The Morgan fingerprint density at radius 2 is 1.96 bits per heavy atom. The number of rotatable bonds is 7. The molecule has 2 aromatic rings. The fourth-order valence-electron chi connectivity index (χ4n) is 2.31. The molecule has 132 valence electrons. The summed E-state index contributed by atoms with van der Waals surface area (Å²) in [5.41, 5.74) is 8.81. The average Bonchev–Trinajstić information content (AvgIpc) is 2.96. The van der Waals surface area contributed by atoms with E-state index in [9.17, 15) is 4.79 Å². The van der Waals surface area contributed by atoms with Crippen molar-refractivity contribution in [3.63, 3.8) is 0 Å². The van der Waals surface area contributed by atoms with Crippen LogP contribution in [0.15, 0.2) is 34.9 Å². The lowest BCUT2D eigenvalue weighted by atomic mass is 10.0. The molecule has 1 amide bonds. The molecule has 0 unspecified atom stereocenters. The summed E-state index contributed by atoms with van der Waals surface area (Å²) in [5.74, 6) is 0.896. The summed E-state index contributed by atoms with van der Waals surface area (Å²) in [5, 5.41) is 2.85. The van der Waals surface area contributed by atoms with Crippen molar-refractivity contribution in [2.75, 3.05) is 6.54 Å². The van der Waals surface area contributed by atoms with Crippen LogP contribution < -0.4 is 11.1 Å². The molecule has 1 heterocycles. The number of nitrogens with zero attached hydrogens (tertiary/aromatic N) is 1. The van der Waals surface area contributed by atoms with Crippen LogP contribution in [-0.2, 0) is 11.2 Å². The number of oxazole rings is 1. The highest BCUT2D eigenvalue weighted by molar-refractivity contribution is 5.85. The molecule has 6 heteroatoms. The lowest BCUT2D eigenvalue weighted by molar-refractivity contribution is -0.122. The second-order valence-electron chi connectivity index (χ2n) is 6.29. The molecule has 5 nitrogen and oxygen atoms in total. The Kier molecular flexibility index (Phi) is 7.95. The number of halogens is 1. The third-order valence-corrected chi connectivity index (χ3v) is 3.59. The van der Waals surface area contributed by atoms with Crippen LogP contribution in [0.4, 0.5) is 0 Å². The summed E-state index contributed by atoms with van der Waals surface area (Å²) in [6, 6.07) is 7.57. The molecular weight excluding hydrogens is 326 g/mol. The molecule has 1 aromatic carbocycles. The van der Waals surface area contributed by atoms with Gasteiger partial charge in [-0.1, -0.05) is 31.5 Å². The molecule has 0 aliphatic heterocycles. The molecule has 0 bridgehead atoms. The molecule has 1 aromatic heterocycles. The maximum absolute atomic E-state index is 11.8. The van der Waals surface area contributed by atoms with Gasteiger partial charge in [0.2, 0.25) is 11.8 Å². The van der Waals surface area contributed by atoms with Crippen molar-refractivity contribution in [1.29, 1.82) is 0 Å². The number of amides is 1. The number of nitrogens with one attached hydrogen (secondary N) is 1. The van der Waals surface area contributed by atoms with Gasteiger partial charge in [-0.05, 0) is 31.4 Å². The number of carbonyl (C=O) groups is 1. The van der Waals surface area contributed by atoms with E-state index in [0.717, 1.165) is 11.3 Å². The minimum absolute atomic E-state index is 0. The number of hydrogen-bond acceptors (Lipinski definition) is 4. The van der Waals surface area contributed by atoms with Crippen molar-refractivity contribution in [2.24, 2.45) is 11.7 Å². The van der Waals surface area contributed by atoms with Crippen LogP contribution in [0.1, 0.15) is 31.5 Å². The smallest absolute Gasteiger partial charge is 0.236 e. The Hall–Kier alpha value is -1.85. The monoisotopic (exact) mass is 351 g/mol. The van der Waals surface area contributed by atoms with Crippen molar-refractivity contribution in [3.8, 4) is 11.5 Å². The van der Waals surface area contributed by atoms with E-state index in [-0.39, 0.29) is 18.3 Å². The van der Waals surface area contributed by atoms with Gasteiger partial charge in [0, 0.05) is 18.5 Å². The van der Waals surface area contributed by atoms with Crippen molar-refractivity contribution in [2.45, 2.75) is 39.7 Å². The van der Waals surface area contributed by atoms with Crippen LogP contribution in [0.25, 0.3) is 11.5 Å². The number of benzene rings is 1. The molecule has 0 saturated carbocycles. The van der Waals surface area contributed by atoms with Crippen LogP contribution in [0.2, 0.25) is 0 Å². The van der Waals surface area contributed by atoms with Gasteiger partial charge < -0.3 is 15.5 Å². The molecule has 24 heavy (non-hydrogen) atoms. The highest BCUT2D eigenvalue weighted by atomic mass is 35.5. The van der Waals surface area contributed by atoms with E-state index in [4.69, 9.17) is 10.2 Å². The normalized spacial score (nSPS) is 11.9. The van der Waals surface area contributed by atoms with Crippen LogP contribution in [0, 0.1) is 12.8 Å². The van der Waals surface area contributed by atoms with Crippen molar-refractivity contribution < 1.29 is 9.21 Å². The quantitative estimate of drug-likeness (QED) is 0.803. The highest BCUT2D eigenvalue weighted by Crippen LogP contribution is 2.19. The topological polar surface area (TPSA) is 81.2 Å². The maximum Gasteiger partial charge on any atom is 0.236 e. The molecule has 1 atom stereocenters. The molecule has 2 rings (SSSR count). The summed E-state index contributed by atoms with van der Waals surface area (Å²) in [7, 11) is 0. The highest BCUT2D eigenvalue weighted by Gasteiger charge is 2.14. The fraction of sp³-hybridized carbons (Fsp3) is 0.444. The first kappa shape index (κ1) is 20.2. The average molecular weight is 352 g/mol. The van der Waals surface area contributed by atoms with Crippen LogP contribution in [0.3, 0.4) is 0 Å². The van der Waals surface area contributed by atoms with E-state index in [1.54, 1.807) is 6.26 Å². The predicted molar refractivity (Wildman–Crippen MR) is 98.1 cm³/mol. The van der Waals surface area contributed by atoms with Gasteiger partial charge in [-0.2, -0.15) is 0 Å². The number of aryl methyl sites for hydroxylation is 1. The van der Waals surface area contributed by atoms with Gasteiger partial charge in [0.25, 0.3) is 0 Å². The molecule has 0 aliphatic rings. The lowest BCUT2D eigenvalue weighted by Gasteiger charge is -2.13. The largest absolute Gasteiger partial charge is 0.444 e. The van der Waals surface area contributed by atoms with Crippen molar-refractivity contribution in [1.82, 2.24) is 10.3 Å². The Balaban J connectivity index is 0.00000288. The minimum atomic E-state index is -0.449. The van der Waals surface area contributed by atoms with E-state index in [2.05, 4.69) is 24.1 Å². The van der Waals surface area contributed by atoms with E-state index in [1.807, 2.05) is 31.2 Å². The molecule has 0 aliphatic carbocycles. The third-order valence-electron chi connectivity index (χ3n) is 3.59. The third kappa shape index (κ3) is 5.98. The lowest BCUT2D eigenvalue weighted by Crippen LogP contribution is -2.42. The first-order valence-corrected chi connectivity index (χ1v) is 8.00. The van der Waals surface area contributed by atoms with E-state index in [1.165, 1.54) is 5.56 Å². The van der Waals surface area contributed by atoms with Crippen LogP contribution in [-0.4, -0.2) is 23.5 Å². The number of hydrogen-bond donors (Lipinski definition) is 2. The molecule has 0 spiro atoms. The summed E-state index contributed by atoms with van der Waals surface area (Å²) in [6.07, 6.45) is 2.94. The second kappa shape index (κ2) is 9.45. The van der Waals surface area contributed by atoms with E-state index < -0.39 is 6.04 Å². The standard InChI is InChI=1S/C18H25N3O2.ClH/c1-12(2)10-16(19)17(22)20-9-8-15-11-23-18(21-15)14-6-4-13(3)5-7-14;/h4-7,11-12,16H,8-10,19H2,1-3H3,(H,20,22);1H/t16-;/m0./s1. The maximum atomic E-state index is 11.8. The van der Waals surface area contributed by atoms with Gasteiger partial charge in [-0.15, -0.1) is 12.4 Å². The summed E-state index contributed by atoms with van der Waals surface area (Å²) < 4.78 is 5.50. The zero-order valence-corrected chi connectivity index (χ0v) is 15.2. The first-order valence-electron chi connectivity index (χ1n) is 8.00.